The highest BCUT2D eigenvalue weighted by atomic mass is 14.9. The van der Waals surface area contributed by atoms with Gasteiger partial charge in [0.25, 0.3) is 0 Å². The van der Waals surface area contributed by atoms with Crippen LogP contribution in [0.15, 0.2) is 0 Å². The van der Waals surface area contributed by atoms with Crippen LogP contribution < -0.4 is 22.1 Å². The molecule has 2 atom stereocenters. The Kier molecular flexibility index (Phi) is 14.1. The van der Waals surface area contributed by atoms with Crippen molar-refractivity contribution in [2.75, 3.05) is 39.3 Å². The van der Waals surface area contributed by atoms with E-state index in [1.54, 1.807) is 0 Å². The largest absolute Gasteiger partial charge is 0.330 e. The van der Waals surface area contributed by atoms with Gasteiger partial charge in [0.05, 0.1) is 0 Å². The zero-order valence-electron chi connectivity index (χ0n) is 13.1. The van der Waals surface area contributed by atoms with E-state index in [1.807, 2.05) is 0 Å². The van der Waals surface area contributed by atoms with Crippen molar-refractivity contribution in [2.45, 2.75) is 46.0 Å². The van der Waals surface area contributed by atoms with Crippen LogP contribution in [-0.2, 0) is 0 Å². The molecule has 0 aromatic heterocycles. The molecule has 0 radical (unpaired) electrons. The lowest BCUT2D eigenvalue weighted by molar-refractivity contribution is 0.491. The number of hydrogen-bond acceptors (Lipinski definition) is 4. The van der Waals surface area contributed by atoms with Gasteiger partial charge in [0.2, 0.25) is 0 Å². The molecule has 0 rings (SSSR count). The summed E-state index contributed by atoms with van der Waals surface area (Å²) in [5.74, 6) is 1.20. The maximum Gasteiger partial charge on any atom is -0.00111 e. The lowest BCUT2D eigenvalue weighted by Gasteiger charge is -2.10. The fourth-order valence-corrected chi connectivity index (χ4v) is 1.89. The van der Waals surface area contributed by atoms with Gasteiger partial charge >= 0.3 is 0 Å². The second-order valence-corrected chi connectivity index (χ2v) is 5.86. The van der Waals surface area contributed by atoms with E-state index >= 15 is 0 Å². The Bertz CT molecular complexity index is 158. The Hall–Kier alpha value is -0.160. The van der Waals surface area contributed by atoms with Gasteiger partial charge in [0.15, 0.2) is 0 Å². The van der Waals surface area contributed by atoms with E-state index in [0.717, 1.165) is 39.3 Å². The van der Waals surface area contributed by atoms with E-state index in [9.17, 15) is 0 Å². The van der Waals surface area contributed by atoms with Crippen molar-refractivity contribution in [3.8, 4) is 0 Å². The third-order valence-corrected chi connectivity index (χ3v) is 3.50. The summed E-state index contributed by atoms with van der Waals surface area (Å²) in [6.07, 6.45) is 6.60. The third-order valence-electron chi connectivity index (χ3n) is 3.50. The molecule has 4 heteroatoms. The summed E-state index contributed by atoms with van der Waals surface area (Å²) >= 11 is 0. The van der Waals surface area contributed by atoms with Crippen LogP contribution in [0.2, 0.25) is 0 Å². The van der Waals surface area contributed by atoms with Crippen LogP contribution in [0.4, 0.5) is 0 Å². The Morgan fingerprint density at radius 1 is 0.684 bits per heavy atom. The summed E-state index contributed by atoms with van der Waals surface area (Å²) in [4.78, 5) is 0. The quantitative estimate of drug-likeness (QED) is 0.360. The van der Waals surface area contributed by atoms with Gasteiger partial charge in [-0.05, 0) is 63.9 Å². The molecule has 0 aliphatic rings. The Balaban J connectivity index is 3.03. The van der Waals surface area contributed by atoms with Gasteiger partial charge < -0.3 is 22.1 Å². The van der Waals surface area contributed by atoms with Crippen LogP contribution in [0.25, 0.3) is 0 Å². The summed E-state index contributed by atoms with van der Waals surface area (Å²) < 4.78 is 0. The molecular weight excluding hydrogens is 236 g/mol. The van der Waals surface area contributed by atoms with E-state index in [-0.39, 0.29) is 0 Å². The zero-order valence-corrected chi connectivity index (χ0v) is 13.1. The minimum atomic E-state index is 0.599. The molecule has 0 aromatic carbocycles. The SMILES string of the molecule is C[C@H](CN)CNCCCCCCCNC[C@H](C)CN. The molecule has 6 N–H and O–H groups in total. The molecule has 0 aliphatic heterocycles. The minimum absolute atomic E-state index is 0.599. The van der Waals surface area contributed by atoms with Crippen molar-refractivity contribution in [3.05, 3.63) is 0 Å². The van der Waals surface area contributed by atoms with Gasteiger partial charge in [-0.1, -0.05) is 33.1 Å². The summed E-state index contributed by atoms with van der Waals surface area (Å²) in [5.41, 5.74) is 11.1. The standard InChI is InChI=1S/C15H36N4/c1-14(10-16)12-18-8-6-4-3-5-7-9-19-13-15(2)11-17/h14-15,18-19H,3-13,16-17H2,1-2H3/t14-,15-/m1/s1. The predicted octanol–water partition coefficient (Wildman–Crippen LogP) is 1.31. The average Bonchev–Trinajstić information content (AvgIpc) is 2.43. The molecule has 4 nitrogen and oxygen atoms in total. The maximum atomic E-state index is 5.57. The number of unbranched alkanes of at least 4 members (excludes halogenated alkanes) is 4. The molecule has 0 saturated carbocycles. The van der Waals surface area contributed by atoms with Gasteiger partial charge in [-0.15, -0.1) is 0 Å². The molecule has 0 heterocycles. The summed E-state index contributed by atoms with van der Waals surface area (Å²) in [6.45, 7) is 10.3. The van der Waals surface area contributed by atoms with Gasteiger partial charge in [-0.25, -0.2) is 0 Å². The molecule has 19 heavy (non-hydrogen) atoms. The lowest BCUT2D eigenvalue weighted by atomic mass is 10.1. The monoisotopic (exact) mass is 272 g/mol. The molecule has 0 fully saturated rings. The smallest absolute Gasteiger partial charge is 0.00111 e. The molecule has 0 bridgehead atoms. The Labute approximate surface area is 120 Å². The van der Waals surface area contributed by atoms with Crippen molar-refractivity contribution in [2.24, 2.45) is 23.3 Å². The first kappa shape index (κ1) is 18.8. The number of rotatable bonds is 14. The molecule has 0 aliphatic carbocycles. The van der Waals surface area contributed by atoms with Crippen LogP contribution in [0, 0.1) is 11.8 Å². The van der Waals surface area contributed by atoms with E-state index in [1.165, 1.54) is 32.1 Å². The second kappa shape index (κ2) is 14.3. The highest BCUT2D eigenvalue weighted by Crippen LogP contribution is 2.02. The van der Waals surface area contributed by atoms with Crippen molar-refractivity contribution >= 4 is 0 Å². The minimum Gasteiger partial charge on any atom is -0.330 e. The van der Waals surface area contributed by atoms with Crippen molar-refractivity contribution in [3.63, 3.8) is 0 Å². The van der Waals surface area contributed by atoms with E-state index in [4.69, 9.17) is 11.5 Å². The highest BCUT2D eigenvalue weighted by molar-refractivity contribution is 4.58. The summed E-state index contributed by atoms with van der Waals surface area (Å²) in [7, 11) is 0. The van der Waals surface area contributed by atoms with Crippen LogP contribution in [0.3, 0.4) is 0 Å². The first-order valence-electron chi connectivity index (χ1n) is 8.02. The molecule has 0 aromatic rings. The molecule has 0 amide bonds. The van der Waals surface area contributed by atoms with Gasteiger partial charge in [0, 0.05) is 0 Å². The number of hydrogen-bond donors (Lipinski definition) is 4. The Morgan fingerprint density at radius 3 is 1.42 bits per heavy atom. The number of nitrogens with two attached hydrogens (primary N) is 2. The van der Waals surface area contributed by atoms with Crippen LogP contribution >= 0.6 is 0 Å². The zero-order chi connectivity index (χ0) is 14.3. The second-order valence-electron chi connectivity index (χ2n) is 5.86. The van der Waals surface area contributed by atoms with E-state index in [0.29, 0.717) is 11.8 Å². The van der Waals surface area contributed by atoms with Gasteiger partial charge in [-0.2, -0.15) is 0 Å². The molecular formula is C15H36N4. The van der Waals surface area contributed by atoms with Crippen LogP contribution in [-0.4, -0.2) is 39.3 Å². The van der Waals surface area contributed by atoms with E-state index in [2.05, 4.69) is 24.5 Å². The van der Waals surface area contributed by atoms with Crippen molar-refractivity contribution < 1.29 is 0 Å². The topological polar surface area (TPSA) is 76.1 Å². The van der Waals surface area contributed by atoms with Crippen LogP contribution in [0.1, 0.15) is 46.0 Å². The van der Waals surface area contributed by atoms with Crippen molar-refractivity contribution in [1.82, 2.24) is 10.6 Å². The lowest BCUT2D eigenvalue weighted by Crippen LogP contribution is -2.27. The molecule has 0 saturated heterocycles. The van der Waals surface area contributed by atoms with Gasteiger partial charge in [0.1, 0.15) is 0 Å². The number of nitrogens with one attached hydrogen (secondary N) is 2. The van der Waals surface area contributed by atoms with E-state index < -0.39 is 0 Å². The third kappa shape index (κ3) is 14.1. The fraction of sp³-hybridized carbons (Fsp3) is 1.00. The molecule has 0 spiro atoms. The van der Waals surface area contributed by atoms with Gasteiger partial charge in [-0.3, -0.25) is 0 Å². The van der Waals surface area contributed by atoms with Crippen molar-refractivity contribution in [1.29, 1.82) is 0 Å². The molecule has 0 unspecified atom stereocenters. The molecule has 116 valence electrons. The average molecular weight is 272 g/mol. The first-order valence-corrected chi connectivity index (χ1v) is 8.02. The summed E-state index contributed by atoms with van der Waals surface area (Å²) in [5, 5.41) is 6.92. The first-order chi connectivity index (χ1) is 9.20. The normalized spacial score (nSPS) is 14.5. The fourth-order valence-electron chi connectivity index (χ4n) is 1.89. The highest BCUT2D eigenvalue weighted by Gasteiger charge is 1.98. The Morgan fingerprint density at radius 2 is 1.05 bits per heavy atom. The van der Waals surface area contributed by atoms with Crippen LogP contribution in [0.5, 0.6) is 0 Å². The summed E-state index contributed by atoms with van der Waals surface area (Å²) in [6, 6.07) is 0. The predicted molar refractivity (Wildman–Crippen MR) is 85.3 cm³/mol. The maximum absolute atomic E-state index is 5.57.